The van der Waals surface area contributed by atoms with Crippen LogP contribution in [0, 0.1) is 0 Å². The van der Waals surface area contributed by atoms with Gasteiger partial charge in [0.2, 0.25) is 0 Å². The van der Waals surface area contributed by atoms with Crippen LogP contribution in [-0.2, 0) is 4.74 Å². The molecular weight excluding hydrogens is 204 g/mol. The van der Waals surface area contributed by atoms with Gasteiger partial charge in [0.05, 0.1) is 0 Å². The van der Waals surface area contributed by atoms with E-state index >= 15 is 0 Å². The summed E-state index contributed by atoms with van der Waals surface area (Å²) in [5.74, 6) is 0. The van der Waals surface area contributed by atoms with Crippen molar-refractivity contribution in [1.29, 1.82) is 0 Å². The smallest absolute Gasteiger partial charge is 0.315 e. The number of rotatable bonds is 2. The lowest BCUT2D eigenvalue weighted by atomic mass is 9.96. The number of ether oxygens (including phenoxy) is 1. The largest absolute Gasteiger partial charge is 0.381 e. The molecular formula is C12H22N2O2. The third kappa shape index (κ3) is 3.67. The van der Waals surface area contributed by atoms with E-state index in [1.165, 1.54) is 19.3 Å². The van der Waals surface area contributed by atoms with Gasteiger partial charge < -0.3 is 15.4 Å². The van der Waals surface area contributed by atoms with Gasteiger partial charge in [-0.3, -0.25) is 0 Å². The highest BCUT2D eigenvalue weighted by atomic mass is 16.5. The predicted octanol–water partition coefficient (Wildman–Crippen LogP) is 1.80. The van der Waals surface area contributed by atoms with E-state index < -0.39 is 0 Å². The van der Waals surface area contributed by atoms with Crippen molar-refractivity contribution >= 4 is 6.03 Å². The fraction of sp³-hybridized carbons (Fsp3) is 0.917. The summed E-state index contributed by atoms with van der Waals surface area (Å²) in [4.78, 5) is 11.7. The second-order valence-corrected chi connectivity index (χ2v) is 4.84. The summed E-state index contributed by atoms with van der Waals surface area (Å²) in [6.07, 6.45) is 7.99. The summed E-state index contributed by atoms with van der Waals surface area (Å²) in [5.41, 5.74) is 0. The maximum absolute atomic E-state index is 11.7. The van der Waals surface area contributed by atoms with Crippen molar-refractivity contribution in [3.8, 4) is 0 Å². The van der Waals surface area contributed by atoms with E-state index in [0.29, 0.717) is 12.1 Å². The molecule has 2 aliphatic rings. The molecule has 2 N–H and O–H groups in total. The first-order valence-corrected chi connectivity index (χ1v) is 6.49. The predicted molar refractivity (Wildman–Crippen MR) is 62.4 cm³/mol. The van der Waals surface area contributed by atoms with Crippen LogP contribution in [0.3, 0.4) is 0 Å². The van der Waals surface area contributed by atoms with E-state index in [1.807, 2.05) is 0 Å². The number of hydrogen-bond donors (Lipinski definition) is 2. The highest BCUT2D eigenvalue weighted by Crippen LogP contribution is 2.17. The van der Waals surface area contributed by atoms with Gasteiger partial charge in [0.15, 0.2) is 0 Å². The van der Waals surface area contributed by atoms with E-state index in [1.54, 1.807) is 0 Å². The first-order valence-electron chi connectivity index (χ1n) is 6.49. The van der Waals surface area contributed by atoms with Crippen molar-refractivity contribution in [2.75, 3.05) is 13.2 Å². The molecule has 0 radical (unpaired) electrons. The van der Waals surface area contributed by atoms with Crippen LogP contribution in [0.15, 0.2) is 0 Å². The Kier molecular flexibility index (Phi) is 4.45. The third-order valence-corrected chi connectivity index (χ3v) is 3.50. The van der Waals surface area contributed by atoms with Gasteiger partial charge in [-0.1, -0.05) is 19.3 Å². The quantitative estimate of drug-likeness (QED) is 0.754. The van der Waals surface area contributed by atoms with Crippen molar-refractivity contribution in [2.24, 2.45) is 0 Å². The molecule has 0 aromatic heterocycles. The number of carbonyl (C=O) groups excluding carboxylic acids is 1. The maximum atomic E-state index is 11.7. The van der Waals surface area contributed by atoms with Gasteiger partial charge in [-0.05, 0) is 25.7 Å². The van der Waals surface area contributed by atoms with Gasteiger partial charge in [0, 0.05) is 25.3 Å². The minimum atomic E-state index is 0.0128. The molecule has 4 nitrogen and oxygen atoms in total. The number of urea groups is 1. The standard InChI is InChI=1S/C12H22N2O2/c15-12(13-10-4-2-1-3-5-10)14-11-6-8-16-9-7-11/h10-11H,1-9H2,(H2,13,14,15). The van der Waals surface area contributed by atoms with Crippen LogP contribution in [0.4, 0.5) is 4.79 Å². The first-order chi connectivity index (χ1) is 7.84. The Bertz CT molecular complexity index is 199. The van der Waals surface area contributed by atoms with Crippen LogP contribution in [-0.4, -0.2) is 31.3 Å². The summed E-state index contributed by atoms with van der Waals surface area (Å²) in [6.45, 7) is 1.54. The van der Waals surface area contributed by atoms with Crippen LogP contribution >= 0.6 is 0 Å². The molecule has 2 amide bonds. The molecule has 1 saturated carbocycles. The van der Waals surface area contributed by atoms with Gasteiger partial charge in [0.1, 0.15) is 0 Å². The van der Waals surface area contributed by atoms with Gasteiger partial charge in [-0.25, -0.2) is 4.79 Å². The topological polar surface area (TPSA) is 50.4 Å². The Morgan fingerprint density at radius 1 is 0.875 bits per heavy atom. The lowest BCUT2D eigenvalue weighted by Gasteiger charge is -2.26. The molecule has 2 rings (SSSR count). The van der Waals surface area contributed by atoms with Gasteiger partial charge in [-0.2, -0.15) is 0 Å². The van der Waals surface area contributed by atoms with Gasteiger partial charge in [-0.15, -0.1) is 0 Å². The molecule has 16 heavy (non-hydrogen) atoms. The van der Waals surface area contributed by atoms with E-state index in [9.17, 15) is 4.79 Å². The molecule has 92 valence electrons. The van der Waals surface area contributed by atoms with Gasteiger partial charge in [0.25, 0.3) is 0 Å². The van der Waals surface area contributed by atoms with Gasteiger partial charge >= 0.3 is 6.03 Å². The van der Waals surface area contributed by atoms with Crippen molar-refractivity contribution in [1.82, 2.24) is 10.6 Å². The highest BCUT2D eigenvalue weighted by Gasteiger charge is 2.19. The summed E-state index contributed by atoms with van der Waals surface area (Å²) in [6, 6.07) is 0.713. The van der Waals surface area contributed by atoms with E-state index in [2.05, 4.69) is 10.6 Å². The summed E-state index contributed by atoms with van der Waals surface area (Å²) >= 11 is 0. The normalized spacial score (nSPS) is 24.0. The zero-order valence-corrected chi connectivity index (χ0v) is 9.84. The van der Waals surface area contributed by atoms with Crippen molar-refractivity contribution in [3.63, 3.8) is 0 Å². The molecule has 4 heteroatoms. The Morgan fingerprint density at radius 2 is 1.44 bits per heavy atom. The molecule has 0 aromatic carbocycles. The van der Waals surface area contributed by atoms with Crippen LogP contribution in [0.25, 0.3) is 0 Å². The highest BCUT2D eigenvalue weighted by molar-refractivity contribution is 5.74. The summed E-state index contributed by atoms with van der Waals surface area (Å²) in [5, 5.41) is 6.11. The van der Waals surface area contributed by atoms with E-state index in [-0.39, 0.29) is 6.03 Å². The molecule has 0 bridgehead atoms. The summed E-state index contributed by atoms with van der Waals surface area (Å²) < 4.78 is 5.26. The molecule has 0 atom stereocenters. The Balaban J connectivity index is 1.66. The second kappa shape index (κ2) is 6.09. The average Bonchev–Trinajstić information content (AvgIpc) is 2.31. The number of nitrogens with one attached hydrogen (secondary N) is 2. The minimum absolute atomic E-state index is 0.0128. The lowest BCUT2D eigenvalue weighted by Crippen LogP contribution is -2.48. The number of hydrogen-bond acceptors (Lipinski definition) is 2. The average molecular weight is 226 g/mol. The molecule has 0 unspecified atom stereocenters. The van der Waals surface area contributed by atoms with E-state index in [0.717, 1.165) is 38.9 Å². The van der Waals surface area contributed by atoms with Crippen molar-refractivity contribution in [3.05, 3.63) is 0 Å². The minimum Gasteiger partial charge on any atom is -0.381 e. The molecule has 0 aromatic rings. The molecule has 0 spiro atoms. The number of carbonyl (C=O) groups is 1. The van der Waals surface area contributed by atoms with Crippen molar-refractivity contribution < 1.29 is 9.53 Å². The van der Waals surface area contributed by atoms with Crippen LogP contribution in [0.5, 0.6) is 0 Å². The molecule has 2 fully saturated rings. The molecule has 1 aliphatic carbocycles. The fourth-order valence-corrected chi connectivity index (χ4v) is 2.50. The Hall–Kier alpha value is -0.770. The van der Waals surface area contributed by atoms with Crippen molar-refractivity contribution in [2.45, 2.75) is 57.0 Å². The SMILES string of the molecule is O=C(NC1CCCCC1)NC1CCOCC1. The monoisotopic (exact) mass is 226 g/mol. The molecule has 1 saturated heterocycles. The Morgan fingerprint density at radius 3 is 2.06 bits per heavy atom. The zero-order valence-electron chi connectivity index (χ0n) is 9.84. The van der Waals surface area contributed by atoms with Crippen LogP contribution in [0.1, 0.15) is 44.9 Å². The third-order valence-electron chi connectivity index (χ3n) is 3.50. The Labute approximate surface area is 97.1 Å². The van der Waals surface area contributed by atoms with Crippen LogP contribution in [0.2, 0.25) is 0 Å². The number of amides is 2. The van der Waals surface area contributed by atoms with E-state index in [4.69, 9.17) is 4.74 Å². The zero-order chi connectivity index (χ0) is 11.2. The molecule has 1 aliphatic heterocycles. The summed E-state index contributed by atoms with van der Waals surface area (Å²) in [7, 11) is 0. The molecule has 1 heterocycles. The first kappa shape index (κ1) is 11.7. The fourth-order valence-electron chi connectivity index (χ4n) is 2.50. The second-order valence-electron chi connectivity index (χ2n) is 4.84. The van der Waals surface area contributed by atoms with Crippen LogP contribution < -0.4 is 10.6 Å². The lowest BCUT2D eigenvalue weighted by molar-refractivity contribution is 0.0799. The maximum Gasteiger partial charge on any atom is 0.315 e.